The van der Waals surface area contributed by atoms with Gasteiger partial charge in [0.05, 0.1) is 6.20 Å². The second kappa shape index (κ2) is 5.30. The Morgan fingerprint density at radius 3 is 3.19 bits per heavy atom. The van der Waals surface area contributed by atoms with Crippen LogP contribution in [0.15, 0.2) is 6.20 Å². The van der Waals surface area contributed by atoms with Crippen molar-refractivity contribution in [1.82, 2.24) is 20.7 Å². The first-order chi connectivity index (χ1) is 7.75. The van der Waals surface area contributed by atoms with Crippen molar-refractivity contribution < 1.29 is 4.79 Å². The maximum Gasteiger partial charge on any atom is 0.273 e. The number of nitrogens with one attached hydrogen (secondary N) is 2. The number of rotatable bonds is 3. The van der Waals surface area contributed by atoms with Gasteiger partial charge in [-0.05, 0) is 25.2 Å². The molecule has 2 unspecified atom stereocenters. The van der Waals surface area contributed by atoms with E-state index in [0.717, 1.165) is 25.7 Å². The van der Waals surface area contributed by atoms with Gasteiger partial charge in [0.1, 0.15) is 0 Å². The van der Waals surface area contributed by atoms with Crippen LogP contribution < -0.4 is 5.32 Å². The summed E-state index contributed by atoms with van der Waals surface area (Å²) in [5.74, 6) is 0.317. The Morgan fingerprint density at radius 2 is 2.50 bits per heavy atom. The number of nitrogens with zero attached hydrogens (tertiary/aromatic N) is 2. The summed E-state index contributed by atoms with van der Waals surface area (Å²) in [7, 11) is 0. The molecular formula is C10H15ClN4O. The van der Waals surface area contributed by atoms with Gasteiger partial charge < -0.3 is 5.32 Å². The topological polar surface area (TPSA) is 70.7 Å². The Labute approximate surface area is 98.9 Å². The lowest BCUT2D eigenvalue weighted by molar-refractivity contribution is 0.0938. The summed E-state index contributed by atoms with van der Waals surface area (Å²) in [6.07, 6.45) is 5.79. The molecule has 0 radical (unpaired) electrons. The Morgan fingerprint density at radius 1 is 1.62 bits per heavy atom. The first-order valence-electron chi connectivity index (χ1n) is 5.53. The number of carbonyl (C=O) groups is 1. The van der Waals surface area contributed by atoms with Crippen molar-refractivity contribution in [1.29, 1.82) is 0 Å². The molecule has 6 heteroatoms. The van der Waals surface area contributed by atoms with Gasteiger partial charge in [-0.25, -0.2) is 0 Å². The second-order valence-electron chi connectivity index (χ2n) is 4.20. The van der Waals surface area contributed by atoms with E-state index < -0.39 is 0 Å². The monoisotopic (exact) mass is 242 g/mol. The van der Waals surface area contributed by atoms with Crippen molar-refractivity contribution in [2.24, 2.45) is 5.92 Å². The van der Waals surface area contributed by atoms with Gasteiger partial charge in [-0.2, -0.15) is 15.4 Å². The largest absolute Gasteiger partial charge is 0.350 e. The fraction of sp³-hybridized carbons (Fsp3) is 0.700. The van der Waals surface area contributed by atoms with Crippen LogP contribution >= 0.6 is 11.6 Å². The molecule has 16 heavy (non-hydrogen) atoms. The second-order valence-corrected chi connectivity index (χ2v) is 4.81. The highest BCUT2D eigenvalue weighted by atomic mass is 35.5. The van der Waals surface area contributed by atoms with Crippen LogP contribution in [-0.2, 0) is 0 Å². The van der Waals surface area contributed by atoms with Crippen LogP contribution in [0.4, 0.5) is 0 Å². The number of alkyl halides is 1. The van der Waals surface area contributed by atoms with E-state index in [9.17, 15) is 4.79 Å². The van der Waals surface area contributed by atoms with E-state index in [0.29, 0.717) is 18.2 Å². The lowest BCUT2D eigenvalue weighted by atomic mass is 9.89. The van der Waals surface area contributed by atoms with Gasteiger partial charge >= 0.3 is 0 Å². The molecule has 2 atom stereocenters. The summed E-state index contributed by atoms with van der Waals surface area (Å²) < 4.78 is 0. The summed E-state index contributed by atoms with van der Waals surface area (Å²) in [4.78, 5) is 11.6. The van der Waals surface area contributed by atoms with E-state index in [1.165, 1.54) is 6.20 Å². The Hall–Kier alpha value is -1.10. The van der Waals surface area contributed by atoms with Gasteiger partial charge in [0, 0.05) is 11.9 Å². The zero-order chi connectivity index (χ0) is 11.4. The van der Waals surface area contributed by atoms with E-state index in [2.05, 4.69) is 20.7 Å². The molecular weight excluding hydrogens is 228 g/mol. The number of aromatic nitrogens is 3. The molecule has 1 fully saturated rings. The number of hydrogen-bond acceptors (Lipinski definition) is 3. The predicted octanol–water partition coefficient (Wildman–Crippen LogP) is 1.33. The van der Waals surface area contributed by atoms with Gasteiger partial charge in [0.2, 0.25) is 0 Å². The summed E-state index contributed by atoms with van der Waals surface area (Å²) in [6, 6.07) is 0. The molecule has 1 aliphatic carbocycles. The van der Waals surface area contributed by atoms with Crippen molar-refractivity contribution in [3.8, 4) is 0 Å². The molecule has 1 amide bonds. The first kappa shape index (κ1) is 11.4. The molecule has 0 aliphatic heterocycles. The minimum absolute atomic E-state index is 0.176. The zero-order valence-electron chi connectivity index (χ0n) is 8.95. The molecule has 0 bridgehead atoms. The lowest BCUT2D eigenvalue weighted by Gasteiger charge is -2.25. The van der Waals surface area contributed by atoms with Crippen LogP contribution in [0.5, 0.6) is 0 Å². The molecule has 1 heterocycles. The molecule has 0 saturated heterocycles. The lowest BCUT2D eigenvalue weighted by Crippen LogP contribution is -2.32. The Kier molecular flexibility index (Phi) is 3.77. The first-order valence-corrected chi connectivity index (χ1v) is 5.97. The molecule has 0 aromatic carbocycles. The van der Waals surface area contributed by atoms with Crippen LogP contribution in [0.3, 0.4) is 0 Å². The zero-order valence-corrected chi connectivity index (χ0v) is 9.70. The fourth-order valence-corrected chi connectivity index (χ4v) is 2.46. The third kappa shape index (κ3) is 2.95. The quantitative estimate of drug-likeness (QED) is 0.786. The van der Waals surface area contributed by atoms with Crippen LogP contribution in [-0.4, -0.2) is 33.2 Å². The summed E-state index contributed by atoms with van der Waals surface area (Å²) in [5, 5.41) is 12.8. The number of halogens is 1. The molecule has 1 saturated carbocycles. The number of H-pyrrole nitrogens is 1. The van der Waals surface area contributed by atoms with Gasteiger partial charge in [0.25, 0.3) is 5.91 Å². The molecule has 1 aliphatic rings. The Balaban J connectivity index is 1.77. The van der Waals surface area contributed by atoms with E-state index in [4.69, 9.17) is 11.6 Å². The molecule has 0 spiro atoms. The third-order valence-corrected chi connectivity index (χ3v) is 3.31. The fourth-order valence-electron chi connectivity index (χ4n) is 2.05. The molecule has 5 nitrogen and oxygen atoms in total. The van der Waals surface area contributed by atoms with Crippen LogP contribution in [0.1, 0.15) is 36.2 Å². The molecule has 1 aromatic rings. The van der Waals surface area contributed by atoms with Crippen LogP contribution in [0.2, 0.25) is 0 Å². The van der Waals surface area contributed by atoms with Gasteiger partial charge in [-0.1, -0.05) is 6.42 Å². The van der Waals surface area contributed by atoms with E-state index in [1.54, 1.807) is 0 Å². The minimum atomic E-state index is -0.176. The van der Waals surface area contributed by atoms with Crippen LogP contribution in [0.25, 0.3) is 0 Å². The number of hydrogen-bond donors (Lipinski definition) is 2. The van der Waals surface area contributed by atoms with Crippen LogP contribution in [0, 0.1) is 5.92 Å². The standard InChI is InChI=1S/C10H15ClN4O/c11-8-3-1-2-7(4-8)5-12-10(16)9-6-13-15-14-9/h6-8H,1-5H2,(H,12,16)(H,13,14,15). The smallest absolute Gasteiger partial charge is 0.273 e. The molecule has 88 valence electrons. The minimum Gasteiger partial charge on any atom is -0.350 e. The Bertz CT molecular complexity index is 341. The number of carbonyl (C=O) groups excluding carboxylic acids is 1. The van der Waals surface area contributed by atoms with Crippen molar-refractivity contribution in [3.63, 3.8) is 0 Å². The highest BCUT2D eigenvalue weighted by Gasteiger charge is 2.21. The highest BCUT2D eigenvalue weighted by Crippen LogP contribution is 2.27. The summed E-state index contributed by atoms with van der Waals surface area (Å²) >= 11 is 6.09. The predicted molar refractivity (Wildman–Crippen MR) is 60.3 cm³/mol. The molecule has 2 rings (SSSR count). The van der Waals surface area contributed by atoms with Gasteiger partial charge in [-0.15, -0.1) is 11.6 Å². The van der Waals surface area contributed by atoms with Crippen molar-refractivity contribution >= 4 is 17.5 Å². The normalized spacial score (nSPS) is 25.3. The average molecular weight is 243 g/mol. The average Bonchev–Trinajstić information content (AvgIpc) is 2.79. The highest BCUT2D eigenvalue weighted by molar-refractivity contribution is 6.20. The summed E-state index contributed by atoms with van der Waals surface area (Å²) in [6.45, 7) is 0.676. The molecule has 2 N–H and O–H groups in total. The van der Waals surface area contributed by atoms with Crippen molar-refractivity contribution in [2.75, 3.05) is 6.54 Å². The summed E-state index contributed by atoms with van der Waals surface area (Å²) in [5.41, 5.74) is 0.332. The maximum absolute atomic E-state index is 11.6. The SMILES string of the molecule is O=C(NCC1CCCC(Cl)C1)c1cn[nH]n1. The van der Waals surface area contributed by atoms with Gasteiger partial charge in [-0.3, -0.25) is 4.79 Å². The van der Waals surface area contributed by atoms with E-state index in [-0.39, 0.29) is 11.3 Å². The van der Waals surface area contributed by atoms with Crippen molar-refractivity contribution in [3.05, 3.63) is 11.9 Å². The van der Waals surface area contributed by atoms with E-state index in [1.807, 2.05) is 0 Å². The van der Waals surface area contributed by atoms with E-state index >= 15 is 0 Å². The van der Waals surface area contributed by atoms with Crippen molar-refractivity contribution in [2.45, 2.75) is 31.1 Å². The maximum atomic E-state index is 11.6. The van der Waals surface area contributed by atoms with Gasteiger partial charge in [0.15, 0.2) is 5.69 Å². The molecule has 1 aromatic heterocycles. The number of amides is 1. The third-order valence-electron chi connectivity index (χ3n) is 2.92. The number of aromatic amines is 1.